The first-order chi connectivity index (χ1) is 34.7. The van der Waals surface area contributed by atoms with Crippen LogP contribution in [0.1, 0.15) is 296 Å². The highest BCUT2D eigenvalue weighted by molar-refractivity contribution is 5.42. The van der Waals surface area contributed by atoms with Gasteiger partial charge in [-0.2, -0.15) is 30.6 Å². The fourth-order valence-corrected chi connectivity index (χ4v) is 13.3. The Balaban J connectivity index is 0.000000449. The van der Waals surface area contributed by atoms with Crippen molar-refractivity contribution in [3.8, 4) is 0 Å². The summed E-state index contributed by atoms with van der Waals surface area (Å²) >= 11 is 0. The van der Waals surface area contributed by atoms with Gasteiger partial charge in [-0.15, -0.1) is 0 Å². The van der Waals surface area contributed by atoms with E-state index >= 15 is 0 Å². The molecule has 5 heterocycles. The zero-order valence-corrected chi connectivity index (χ0v) is 53.8. The van der Waals surface area contributed by atoms with E-state index in [0.717, 1.165) is 25.7 Å². The maximum absolute atomic E-state index is 4.40. The topological polar surface area (TPSA) is 129 Å². The monoisotopic (exact) mass is 1030 g/mol. The second-order valence-corrected chi connectivity index (χ2v) is 26.2. The molecule has 75 heavy (non-hydrogen) atoms. The molecule has 0 radical (unpaired) electrons. The quantitative estimate of drug-likeness (QED) is 0.148. The molecule has 10 heteroatoms. The van der Waals surface area contributed by atoms with Crippen LogP contribution in [0.3, 0.4) is 0 Å². The summed E-state index contributed by atoms with van der Waals surface area (Å²) < 4.78 is 0. The number of fused-ring (bicyclic) bond motifs is 5. The molecular formula is C65H110N10. The Morgan fingerprint density at radius 2 is 0.507 bits per heavy atom. The van der Waals surface area contributed by atoms with Crippen molar-refractivity contribution in [2.45, 2.75) is 294 Å². The van der Waals surface area contributed by atoms with Crippen LogP contribution in [0.15, 0.2) is 62.0 Å². The first-order valence-electron chi connectivity index (χ1n) is 28.8. The third-order valence-corrected chi connectivity index (χ3v) is 15.0. The summed E-state index contributed by atoms with van der Waals surface area (Å²) in [6, 6.07) is 4.22. The lowest BCUT2D eigenvalue weighted by Gasteiger charge is -2.22. The molecule has 0 fully saturated rings. The van der Waals surface area contributed by atoms with E-state index in [2.05, 4.69) is 201 Å². The molecule has 0 saturated carbocycles. The van der Waals surface area contributed by atoms with Crippen LogP contribution in [-0.4, -0.2) is 50.5 Å². The normalized spacial score (nSPS) is 20.1. The van der Waals surface area contributed by atoms with E-state index in [0.29, 0.717) is 0 Å². The zero-order valence-electron chi connectivity index (χ0n) is 53.8. The van der Waals surface area contributed by atoms with Crippen molar-refractivity contribution in [1.29, 1.82) is 0 Å². The minimum absolute atomic E-state index is 0.188. The molecule has 10 nitrogen and oxygen atoms in total. The number of hydrogen-bond acceptors (Lipinski definition) is 10. The fourth-order valence-electron chi connectivity index (χ4n) is 13.3. The van der Waals surface area contributed by atoms with Gasteiger partial charge in [0.15, 0.2) is 0 Å². The lowest BCUT2D eigenvalue weighted by molar-refractivity contribution is 0.398. The lowest BCUT2D eigenvalue weighted by Crippen LogP contribution is -2.18. The minimum Gasteiger partial charge on any atom is -0.244 e. The molecule has 10 rings (SSSR count). The van der Waals surface area contributed by atoms with E-state index in [4.69, 9.17) is 0 Å². The second-order valence-electron chi connectivity index (χ2n) is 26.2. The fraction of sp³-hybridized carbons (Fsp3) is 0.692. The van der Waals surface area contributed by atoms with Gasteiger partial charge in [0, 0.05) is 46.4 Å². The van der Waals surface area contributed by atoms with E-state index in [1.165, 1.54) is 62.6 Å². The van der Waals surface area contributed by atoms with Crippen LogP contribution in [-0.2, 0) is 54.1 Å². The smallest absolute Gasteiger partial charge is 0.115 e. The summed E-state index contributed by atoms with van der Waals surface area (Å²) in [6.45, 7) is 65.3. The average molecular weight is 1030 g/mol. The predicted molar refractivity (Wildman–Crippen MR) is 320 cm³/mol. The molecule has 0 bridgehead atoms. The van der Waals surface area contributed by atoms with Crippen LogP contribution in [0.5, 0.6) is 0 Å². The van der Waals surface area contributed by atoms with Crippen molar-refractivity contribution in [3.05, 3.63) is 118 Å². The molecular weight excluding hydrogens is 921 g/mol. The Hall–Kier alpha value is -4.60. The number of nitrogens with zero attached hydrogens (tertiary/aromatic N) is 10. The Kier molecular flexibility index (Phi) is 24.3. The first kappa shape index (κ1) is 68.4. The van der Waals surface area contributed by atoms with E-state index in [1.54, 1.807) is 25.0 Å². The highest BCUT2D eigenvalue weighted by atomic mass is 15.1. The molecule has 420 valence electrons. The summed E-state index contributed by atoms with van der Waals surface area (Å²) in [6.07, 6.45) is 20.5. The van der Waals surface area contributed by atoms with Crippen LogP contribution in [0.4, 0.5) is 0 Å². The van der Waals surface area contributed by atoms with E-state index in [1.807, 2.05) is 94.0 Å². The number of aromatic nitrogens is 10. The Morgan fingerprint density at radius 1 is 0.267 bits per heavy atom. The van der Waals surface area contributed by atoms with Gasteiger partial charge in [-0.05, 0) is 110 Å². The zero-order chi connectivity index (χ0) is 58.5. The molecule has 5 aromatic heterocycles. The molecule has 0 atom stereocenters. The molecule has 0 unspecified atom stereocenters. The predicted octanol–water partition coefficient (Wildman–Crippen LogP) is 17.3. The minimum atomic E-state index is 0.188. The van der Waals surface area contributed by atoms with Crippen molar-refractivity contribution < 1.29 is 0 Å². The number of hydrogen-bond donors (Lipinski definition) is 0. The summed E-state index contributed by atoms with van der Waals surface area (Å²) in [5.74, 6) is 0. The Bertz CT molecular complexity index is 1940. The third kappa shape index (κ3) is 16.0. The van der Waals surface area contributed by atoms with E-state index < -0.39 is 0 Å². The van der Waals surface area contributed by atoms with Crippen molar-refractivity contribution in [2.75, 3.05) is 0 Å². The molecule has 0 N–H and O–H groups in total. The van der Waals surface area contributed by atoms with Gasteiger partial charge in [-0.25, -0.2) is 19.9 Å². The number of rotatable bonds is 0. The SMILES string of the molecule is CC.CC.CC.CC.CC.CC1(C)CC(C)(C)c2cnncc21.CC1(C)CC(C)(C)c2ncncc21.CC1(C)CC(C)(C)c2ncncc21.CC1(C)CC(C)(C)c2nnccc21.CC1(C)CC(C)(C)c2nnccc21. The van der Waals surface area contributed by atoms with E-state index in [-0.39, 0.29) is 54.1 Å². The summed E-state index contributed by atoms with van der Waals surface area (Å²) in [5.41, 5.74) is 15.2. The van der Waals surface area contributed by atoms with Gasteiger partial charge >= 0.3 is 0 Å². The van der Waals surface area contributed by atoms with Gasteiger partial charge in [-0.1, -0.05) is 208 Å². The molecule has 0 spiro atoms. The standard InChI is InChI=1S/5C11H16N2.5C2H6/c2*1-10(2)6-11(3,4)9-8(10)5-12-7-13-9;1-10(2)7-11(3,4)9-6-13-12-5-8(9)10;2*1-10(2)7-11(3,4)9-8(10)5-6-12-13-9;5*1-2/h2*5,7H,6H2,1-4H3;3*5-6H,7H2,1-4H3;5*1-2H3. The maximum Gasteiger partial charge on any atom is 0.115 e. The summed E-state index contributed by atoms with van der Waals surface area (Å²) in [4.78, 5) is 17.0. The van der Waals surface area contributed by atoms with Crippen LogP contribution in [0.25, 0.3) is 0 Å². The van der Waals surface area contributed by atoms with Crippen LogP contribution in [0.2, 0.25) is 0 Å². The summed E-state index contributed by atoms with van der Waals surface area (Å²) in [7, 11) is 0. The molecule has 0 amide bonds. The highest BCUT2D eigenvalue weighted by Gasteiger charge is 2.46. The van der Waals surface area contributed by atoms with Gasteiger partial charge in [-0.3, -0.25) is 0 Å². The summed E-state index contributed by atoms with van der Waals surface area (Å²) in [5, 5.41) is 24.4. The van der Waals surface area contributed by atoms with Crippen molar-refractivity contribution in [3.63, 3.8) is 0 Å². The van der Waals surface area contributed by atoms with Crippen molar-refractivity contribution in [2.24, 2.45) is 0 Å². The van der Waals surface area contributed by atoms with Crippen LogP contribution < -0.4 is 0 Å². The molecule has 0 saturated heterocycles. The first-order valence-corrected chi connectivity index (χ1v) is 28.8. The molecule has 5 aromatic rings. The second kappa shape index (κ2) is 26.6. The van der Waals surface area contributed by atoms with Gasteiger partial charge in [0.05, 0.1) is 35.2 Å². The lowest BCUT2D eigenvalue weighted by atomic mass is 9.82. The van der Waals surface area contributed by atoms with Gasteiger partial charge < -0.3 is 0 Å². The Labute approximate surface area is 460 Å². The van der Waals surface area contributed by atoms with Gasteiger partial charge in [0.2, 0.25) is 0 Å². The van der Waals surface area contributed by atoms with Crippen LogP contribution in [0, 0.1) is 0 Å². The molecule has 0 aliphatic heterocycles. The molecule has 0 aromatic carbocycles. The van der Waals surface area contributed by atoms with E-state index in [9.17, 15) is 0 Å². The third-order valence-electron chi connectivity index (χ3n) is 15.0. The average Bonchev–Trinajstić information content (AvgIpc) is 3.93. The Morgan fingerprint density at radius 3 is 0.773 bits per heavy atom. The van der Waals surface area contributed by atoms with Gasteiger partial charge in [0.25, 0.3) is 0 Å². The molecule has 5 aliphatic rings. The maximum atomic E-state index is 4.40. The van der Waals surface area contributed by atoms with Gasteiger partial charge in [0.1, 0.15) is 12.7 Å². The highest BCUT2D eigenvalue weighted by Crippen LogP contribution is 2.51. The van der Waals surface area contributed by atoms with Crippen molar-refractivity contribution in [1.82, 2.24) is 50.5 Å². The van der Waals surface area contributed by atoms with Crippen LogP contribution >= 0.6 is 0 Å². The largest absolute Gasteiger partial charge is 0.244 e. The van der Waals surface area contributed by atoms with Crippen molar-refractivity contribution >= 4 is 0 Å². The molecule has 5 aliphatic carbocycles.